The second-order valence-corrected chi connectivity index (χ2v) is 9.82. The molecule has 0 aromatic rings. The second kappa shape index (κ2) is 9.75. The molecule has 10 nitrogen and oxygen atoms in total. The molecule has 11 heteroatoms. The van der Waals surface area contributed by atoms with E-state index in [1.54, 1.807) is 27.7 Å². The molecule has 1 fully saturated rings. The molecule has 0 radical (unpaired) electrons. The summed E-state index contributed by atoms with van der Waals surface area (Å²) in [5.74, 6) is -2.72. The van der Waals surface area contributed by atoms with Gasteiger partial charge >= 0.3 is 18.0 Å². The Morgan fingerprint density at radius 3 is 2.17 bits per heavy atom. The van der Waals surface area contributed by atoms with Gasteiger partial charge in [0.25, 0.3) is 10.1 Å². The van der Waals surface area contributed by atoms with E-state index in [2.05, 4.69) is 0 Å². The SMILES string of the molecule is COC(=O)C[C@H]1[C@@H](C(C)COS(C)(=O)=O)CN(C(=O)OC(C)(C)C)[C@@H]1C(=O)OC. The molecule has 1 saturated heterocycles. The fourth-order valence-electron chi connectivity index (χ4n) is 3.37. The normalized spacial score (nSPS) is 23.4. The number of carbonyl (C=O) groups excluding carboxylic acids is 3. The van der Waals surface area contributed by atoms with Crippen LogP contribution in [0.25, 0.3) is 0 Å². The molecule has 0 aromatic heterocycles. The fourth-order valence-corrected chi connectivity index (χ4v) is 3.83. The Kier molecular flexibility index (Phi) is 8.46. The van der Waals surface area contributed by atoms with Crippen molar-refractivity contribution in [3.05, 3.63) is 0 Å². The predicted molar refractivity (Wildman–Crippen MR) is 102 cm³/mol. The first-order valence-electron chi connectivity index (χ1n) is 9.18. The van der Waals surface area contributed by atoms with Crippen molar-refractivity contribution in [3.63, 3.8) is 0 Å². The minimum Gasteiger partial charge on any atom is -0.469 e. The van der Waals surface area contributed by atoms with Gasteiger partial charge in [-0.25, -0.2) is 9.59 Å². The highest BCUT2D eigenvalue weighted by Gasteiger charge is 2.51. The molecule has 1 heterocycles. The van der Waals surface area contributed by atoms with Crippen molar-refractivity contribution in [3.8, 4) is 0 Å². The molecule has 0 saturated carbocycles. The highest BCUT2D eigenvalue weighted by molar-refractivity contribution is 7.85. The van der Waals surface area contributed by atoms with Crippen LogP contribution in [0.15, 0.2) is 0 Å². The maximum absolute atomic E-state index is 12.7. The van der Waals surface area contributed by atoms with Crippen LogP contribution in [0.1, 0.15) is 34.1 Å². The molecular formula is C18H31NO9S. The number of carbonyl (C=O) groups is 3. The molecule has 4 atom stereocenters. The van der Waals surface area contributed by atoms with Gasteiger partial charge in [0.2, 0.25) is 0 Å². The van der Waals surface area contributed by atoms with E-state index in [4.69, 9.17) is 18.4 Å². The Bertz CT molecular complexity index is 713. The maximum atomic E-state index is 12.7. The van der Waals surface area contributed by atoms with Gasteiger partial charge in [0.05, 0.1) is 33.5 Å². The number of hydrogen-bond donors (Lipinski definition) is 0. The zero-order valence-corrected chi connectivity index (χ0v) is 18.8. The summed E-state index contributed by atoms with van der Waals surface area (Å²) >= 11 is 0. The topological polar surface area (TPSA) is 126 Å². The van der Waals surface area contributed by atoms with Crippen LogP contribution in [0.5, 0.6) is 0 Å². The Morgan fingerprint density at radius 1 is 1.14 bits per heavy atom. The molecule has 0 bridgehead atoms. The van der Waals surface area contributed by atoms with E-state index in [0.29, 0.717) is 0 Å². The number of methoxy groups -OCH3 is 2. The van der Waals surface area contributed by atoms with E-state index in [-0.39, 0.29) is 25.5 Å². The lowest BCUT2D eigenvalue weighted by molar-refractivity contribution is -0.149. The van der Waals surface area contributed by atoms with E-state index < -0.39 is 51.6 Å². The van der Waals surface area contributed by atoms with Gasteiger partial charge in [-0.3, -0.25) is 13.9 Å². The monoisotopic (exact) mass is 437 g/mol. The Morgan fingerprint density at radius 2 is 1.72 bits per heavy atom. The summed E-state index contributed by atoms with van der Waals surface area (Å²) in [6, 6.07) is -1.07. The first-order valence-corrected chi connectivity index (χ1v) is 11.0. The summed E-state index contributed by atoms with van der Waals surface area (Å²) in [5.41, 5.74) is -0.793. The first kappa shape index (κ1) is 25.2. The lowest BCUT2D eigenvalue weighted by Gasteiger charge is -2.29. The van der Waals surface area contributed by atoms with Gasteiger partial charge in [0.1, 0.15) is 11.6 Å². The van der Waals surface area contributed by atoms with Gasteiger partial charge in [-0.05, 0) is 32.6 Å². The Labute approximate surface area is 171 Å². The zero-order valence-electron chi connectivity index (χ0n) is 18.0. The van der Waals surface area contributed by atoms with Crippen LogP contribution in [0, 0.1) is 17.8 Å². The quantitative estimate of drug-likeness (QED) is 0.328. The van der Waals surface area contributed by atoms with E-state index in [1.165, 1.54) is 19.1 Å². The number of ether oxygens (including phenoxy) is 3. The standard InChI is InChI=1S/C18H31NO9S/c1-11(10-27-29(7,23)24)13-9-19(17(22)28-18(2,3)4)15(16(21)26-6)12(13)8-14(20)25-5/h11-13,15H,8-10H2,1-7H3/t11?,12-,13+,15-/m0/s1. The summed E-state index contributed by atoms with van der Waals surface area (Å²) < 4.78 is 42.6. The minimum atomic E-state index is -3.67. The summed E-state index contributed by atoms with van der Waals surface area (Å²) in [6.07, 6.45) is 0.0649. The number of hydrogen-bond acceptors (Lipinski definition) is 9. The lowest BCUT2D eigenvalue weighted by Crippen LogP contribution is -2.46. The van der Waals surface area contributed by atoms with Crippen LogP contribution >= 0.6 is 0 Å². The fraction of sp³-hybridized carbons (Fsp3) is 0.833. The zero-order chi connectivity index (χ0) is 22.6. The molecule has 0 aromatic carbocycles. The number of rotatable bonds is 7. The van der Waals surface area contributed by atoms with E-state index in [1.807, 2.05) is 0 Å². The average Bonchev–Trinajstić information content (AvgIpc) is 2.96. The van der Waals surface area contributed by atoms with E-state index in [9.17, 15) is 22.8 Å². The minimum absolute atomic E-state index is 0.0740. The highest BCUT2D eigenvalue weighted by Crippen LogP contribution is 2.39. The van der Waals surface area contributed by atoms with Gasteiger partial charge in [0.15, 0.2) is 0 Å². The second-order valence-electron chi connectivity index (χ2n) is 8.17. The van der Waals surface area contributed by atoms with Crippen molar-refractivity contribution in [2.45, 2.75) is 45.8 Å². The van der Waals surface area contributed by atoms with Crippen molar-refractivity contribution >= 4 is 28.1 Å². The third-order valence-corrected chi connectivity index (χ3v) is 5.24. The number of likely N-dealkylation sites (tertiary alicyclic amines) is 1. The van der Waals surface area contributed by atoms with Gasteiger partial charge in [0, 0.05) is 12.5 Å². The van der Waals surface area contributed by atoms with Crippen LogP contribution in [-0.2, 0) is 38.1 Å². The van der Waals surface area contributed by atoms with Gasteiger partial charge in [-0.15, -0.1) is 0 Å². The summed E-state index contributed by atoms with van der Waals surface area (Å²) in [7, 11) is -1.26. The van der Waals surface area contributed by atoms with Crippen molar-refractivity contribution in [1.82, 2.24) is 4.90 Å². The molecule has 1 aliphatic rings. The van der Waals surface area contributed by atoms with Crippen molar-refractivity contribution in [2.75, 3.05) is 33.6 Å². The summed E-state index contributed by atoms with van der Waals surface area (Å²) in [4.78, 5) is 38.4. The van der Waals surface area contributed by atoms with Gasteiger partial charge in [-0.1, -0.05) is 6.92 Å². The summed E-state index contributed by atoms with van der Waals surface area (Å²) in [5, 5.41) is 0. The summed E-state index contributed by atoms with van der Waals surface area (Å²) in [6.45, 7) is 6.73. The molecule has 1 aliphatic heterocycles. The van der Waals surface area contributed by atoms with Crippen LogP contribution in [0.2, 0.25) is 0 Å². The first-order chi connectivity index (χ1) is 13.2. The van der Waals surface area contributed by atoms with Crippen LogP contribution in [0.4, 0.5) is 4.79 Å². The van der Waals surface area contributed by atoms with Crippen molar-refractivity contribution < 1.29 is 41.2 Å². The van der Waals surface area contributed by atoms with E-state index in [0.717, 1.165) is 6.26 Å². The Balaban J connectivity index is 3.24. The molecule has 0 spiro atoms. The number of amides is 1. The molecule has 1 rings (SSSR count). The van der Waals surface area contributed by atoms with Crippen molar-refractivity contribution in [1.29, 1.82) is 0 Å². The molecular weight excluding hydrogens is 406 g/mol. The van der Waals surface area contributed by atoms with Gasteiger partial charge < -0.3 is 14.2 Å². The maximum Gasteiger partial charge on any atom is 0.411 e. The number of esters is 2. The van der Waals surface area contributed by atoms with Crippen LogP contribution < -0.4 is 0 Å². The lowest BCUT2D eigenvalue weighted by atomic mass is 9.80. The Hall–Kier alpha value is -1.88. The predicted octanol–water partition coefficient (Wildman–Crippen LogP) is 1.19. The van der Waals surface area contributed by atoms with Gasteiger partial charge in [-0.2, -0.15) is 8.42 Å². The van der Waals surface area contributed by atoms with Crippen molar-refractivity contribution in [2.24, 2.45) is 17.8 Å². The third kappa shape index (κ3) is 7.46. The van der Waals surface area contributed by atoms with E-state index >= 15 is 0 Å². The molecule has 1 amide bonds. The smallest absolute Gasteiger partial charge is 0.411 e. The van der Waals surface area contributed by atoms with Crippen LogP contribution in [-0.4, -0.2) is 76.6 Å². The number of nitrogens with zero attached hydrogens (tertiary/aromatic N) is 1. The largest absolute Gasteiger partial charge is 0.469 e. The third-order valence-electron chi connectivity index (χ3n) is 4.68. The molecule has 0 N–H and O–H groups in total. The molecule has 29 heavy (non-hydrogen) atoms. The molecule has 0 aliphatic carbocycles. The molecule has 168 valence electrons. The van der Waals surface area contributed by atoms with Crippen LogP contribution in [0.3, 0.4) is 0 Å². The highest BCUT2D eigenvalue weighted by atomic mass is 32.2. The average molecular weight is 438 g/mol. The molecule has 1 unspecified atom stereocenters.